The first-order valence-corrected chi connectivity index (χ1v) is 6.73. The number of aldehydes is 1. The zero-order chi connectivity index (χ0) is 13.1. The Labute approximate surface area is 106 Å². The fourth-order valence-corrected chi connectivity index (χ4v) is 3.01. The van der Waals surface area contributed by atoms with E-state index >= 15 is 0 Å². The molecule has 0 saturated heterocycles. The second-order valence-corrected chi connectivity index (χ2v) is 5.94. The molecule has 1 aliphatic rings. The van der Waals surface area contributed by atoms with Crippen LogP contribution in [0, 0.1) is 11.3 Å². The summed E-state index contributed by atoms with van der Waals surface area (Å²) >= 11 is 0. The third kappa shape index (κ3) is 3.31. The van der Waals surface area contributed by atoms with E-state index in [1.807, 2.05) is 0 Å². The Bertz CT molecular complexity index is 337. The Morgan fingerprint density at radius 3 is 2.71 bits per heavy atom. The van der Waals surface area contributed by atoms with Crippen LogP contribution >= 0.6 is 0 Å². The van der Waals surface area contributed by atoms with Gasteiger partial charge in [-0.3, -0.25) is 0 Å². The topological polar surface area (TPSA) is 17.1 Å². The SMILES string of the molecule is C=C(C)C1CCC(C)=C1CC(C)(C=O)CCC. The molecule has 0 aromatic carbocycles. The molecule has 1 heteroatoms. The molecule has 0 radical (unpaired) electrons. The molecule has 2 unspecified atom stereocenters. The van der Waals surface area contributed by atoms with E-state index in [0.29, 0.717) is 5.92 Å². The van der Waals surface area contributed by atoms with Crippen LogP contribution in [0.5, 0.6) is 0 Å². The molecule has 1 nitrogen and oxygen atoms in total. The maximum atomic E-state index is 11.3. The van der Waals surface area contributed by atoms with Crippen molar-refractivity contribution in [2.24, 2.45) is 11.3 Å². The molecule has 0 saturated carbocycles. The molecule has 0 N–H and O–H groups in total. The fourth-order valence-electron chi connectivity index (χ4n) is 3.01. The summed E-state index contributed by atoms with van der Waals surface area (Å²) in [7, 11) is 0. The van der Waals surface area contributed by atoms with E-state index in [2.05, 4.69) is 34.3 Å². The van der Waals surface area contributed by atoms with Crippen molar-refractivity contribution in [2.75, 3.05) is 0 Å². The minimum absolute atomic E-state index is 0.177. The smallest absolute Gasteiger partial charge is 0.126 e. The zero-order valence-electron chi connectivity index (χ0n) is 11.8. The minimum Gasteiger partial charge on any atom is -0.303 e. The third-order valence-corrected chi connectivity index (χ3v) is 4.07. The van der Waals surface area contributed by atoms with Gasteiger partial charge in [-0.2, -0.15) is 0 Å². The van der Waals surface area contributed by atoms with Crippen molar-refractivity contribution in [3.8, 4) is 0 Å². The van der Waals surface area contributed by atoms with Crippen molar-refractivity contribution >= 4 is 6.29 Å². The summed E-state index contributed by atoms with van der Waals surface area (Å²) in [6.07, 6.45) is 6.50. The third-order valence-electron chi connectivity index (χ3n) is 4.07. The average molecular weight is 234 g/mol. The molecule has 0 aromatic heterocycles. The highest BCUT2D eigenvalue weighted by Gasteiger charge is 2.31. The van der Waals surface area contributed by atoms with Gasteiger partial charge >= 0.3 is 0 Å². The lowest BCUT2D eigenvalue weighted by molar-refractivity contribution is -0.115. The van der Waals surface area contributed by atoms with E-state index in [1.165, 1.54) is 29.6 Å². The summed E-state index contributed by atoms with van der Waals surface area (Å²) in [6, 6.07) is 0. The van der Waals surface area contributed by atoms with Gasteiger partial charge < -0.3 is 4.79 Å². The first-order valence-electron chi connectivity index (χ1n) is 6.73. The van der Waals surface area contributed by atoms with E-state index in [1.54, 1.807) is 0 Å². The first kappa shape index (κ1) is 14.2. The molecular formula is C16H26O. The second kappa shape index (κ2) is 5.66. The Kier molecular flexibility index (Phi) is 4.73. The predicted octanol–water partition coefficient (Wildman–Crippen LogP) is 4.68. The molecule has 0 spiro atoms. The van der Waals surface area contributed by atoms with Gasteiger partial charge in [0.2, 0.25) is 0 Å². The van der Waals surface area contributed by atoms with Crippen LogP contribution in [0.1, 0.15) is 59.8 Å². The van der Waals surface area contributed by atoms with Crippen LogP contribution in [0.25, 0.3) is 0 Å². The Hall–Kier alpha value is -0.850. The van der Waals surface area contributed by atoms with Crippen LogP contribution in [0.3, 0.4) is 0 Å². The summed E-state index contributed by atoms with van der Waals surface area (Å²) in [5.41, 5.74) is 4.05. The van der Waals surface area contributed by atoms with Crippen molar-refractivity contribution in [1.82, 2.24) is 0 Å². The number of hydrogen-bond acceptors (Lipinski definition) is 1. The molecule has 0 amide bonds. The number of rotatable bonds is 6. The predicted molar refractivity (Wildman–Crippen MR) is 73.9 cm³/mol. The van der Waals surface area contributed by atoms with E-state index in [9.17, 15) is 4.79 Å². The van der Waals surface area contributed by atoms with Crippen molar-refractivity contribution in [3.63, 3.8) is 0 Å². The van der Waals surface area contributed by atoms with Crippen LogP contribution in [0.4, 0.5) is 0 Å². The zero-order valence-corrected chi connectivity index (χ0v) is 11.8. The van der Waals surface area contributed by atoms with Gasteiger partial charge in [0.25, 0.3) is 0 Å². The van der Waals surface area contributed by atoms with E-state index in [-0.39, 0.29) is 5.41 Å². The summed E-state index contributed by atoms with van der Waals surface area (Å²) in [4.78, 5) is 11.3. The van der Waals surface area contributed by atoms with Gasteiger partial charge in [0.15, 0.2) is 0 Å². The van der Waals surface area contributed by atoms with Crippen LogP contribution in [-0.4, -0.2) is 6.29 Å². The number of carbonyl (C=O) groups excluding carboxylic acids is 1. The van der Waals surface area contributed by atoms with Gasteiger partial charge in [0, 0.05) is 11.3 Å². The molecular weight excluding hydrogens is 208 g/mol. The Morgan fingerprint density at radius 2 is 2.24 bits per heavy atom. The van der Waals surface area contributed by atoms with E-state index in [0.717, 1.165) is 25.5 Å². The molecule has 0 fully saturated rings. The van der Waals surface area contributed by atoms with Crippen molar-refractivity contribution in [3.05, 3.63) is 23.3 Å². The Balaban J connectivity index is 2.87. The first-order chi connectivity index (χ1) is 7.93. The second-order valence-electron chi connectivity index (χ2n) is 5.94. The quantitative estimate of drug-likeness (QED) is 0.481. The number of allylic oxidation sites excluding steroid dienone is 3. The maximum absolute atomic E-state index is 11.3. The Morgan fingerprint density at radius 1 is 1.59 bits per heavy atom. The summed E-state index contributed by atoms with van der Waals surface area (Å²) in [5.74, 6) is 0.520. The monoisotopic (exact) mass is 234 g/mol. The molecule has 1 aliphatic carbocycles. The van der Waals surface area contributed by atoms with Gasteiger partial charge in [0.05, 0.1) is 0 Å². The molecule has 2 atom stereocenters. The van der Waals surface area contributed by atoms with Gasteiger partial charge in [-0.25, -0.2) is 0 Å². The number of hydrogen-bond donors (Lipinski definition) is 0. The maximum Gasteiger partial charge on any atom is 0.126 e. The van der Waals surface area contributed by atoms with Crippen molar-refractivity contribution in [1.29, 1.82) is 0 Å². The highest BCUT2D eigenvalue weighted by atomic mass is 16.1. The summed E-state index contributed by atoms with van der Waals surface area (Å²) in [6.45, 7) is 12.7. The van der Waals surface area contributed by atoms with Crippen LogP contribution in [-0.2, 0) is 4.79 Å². The van der Waals surface area contributed by atoms with Crippen LogP contribution in [0.15, 0.2) is 23.3 Å². The molecule has 0 aromatic rings. The minimum atomic E-state index is -0.177. The molecule has 0 aliphatic heterocycles. The molecule has 1 rings (SSSR count). The molecule has 17 heavy (non-hydrogen) atoms. The lowest BCUT2D eigenvalue weighted by Crippen LogP contribution is -2.20. The lowest BCUT2D eigenvalue weighted by Gasteiger charge is -2.27. The molecule has 0 heterocycles. The largest absolute Gasteiger partial charge is 0.303 e. The summed E-state index contributed by atoms with van der Waals surface area (Å²) < 4.78 is 0. The molecule has 96 valence electrons. The van der Waals surface area contributed by atoms with Gasteiger partial charge in [-0.05, 0) is 39.5 Å². The van der Waals surface area contributed by atoms with Gasteiger partial charge in [0.1, 0.15) is 6.29 Å². The molecule has 0 bridgehead atoms. The lowest BCUT2D eigenvalue weighted by atomic mass is 9.77. The van der Waals surface area contributed by atoms with Gasteiger partial charge in [-0.15, -0.1) is 0 Å². The van der Waals surface area contributed by atoms with E-state index < -0.39 is 0 Å². The highest BCUT2D eigenvalue weighted by Crippen LogP contribution is 2.42. The normalized spacial score (nSPS) is 23.6. The van der Waals surface area contributed by atoms with Crippen molar-refractivity contribution in [2.45, 2.75) is 59.8 Å². The number of carbonyl (C=O) groups is 1. The van der Waals surface area contributed by atoms with Crippen LogP contribution in [0.2, 0.25) is 0 Å². The highest BCUT2D eigenvalue weighted by molar-refractivity contribution is 5.59. The average Bonchev–Trinajstić information content (AvgIpc) is 2.61. The van der Waals surface area contributed by atoms with Crippen LogP contribution < -0.4 is 0 Å². The van der Waals surface area contributed by atoms with E-state index in [4.69, 9.17) is 0 Å². The van der Waals surface area contributed by atoms with Crippen molar-refractivity contribution < 1.29 is 4.79 Å². The standard InChI is InChI=1S/C16H26O/c1-6-9-16(5,11-17)10-15-13(4)7-8-14(15)12(2)3/h11,14H,2,6-10H2,1,3-5H3. The summed E-state index contributed by atoms with van der Waals surface area (Å²) in [5, 5.41) is 0. The fraction of sp³-hybridized carbons (Fsp3) is 0.688. The van der Waals surface area contributed by atoms with Gasteiger partial charge in [-0.1, -0.05) is 43.6 Å².